The topological polar surface area (TPSA) is 114 Å². The summed E-state index contributed by atoms with van der Waals surface area (Å²) in [6.45, 7) is 7.85. The normalized spacial score (nSPS) is 17.3. The molecule has 2 aliphatic rings. The van der Waals surface area contributed by atoms with Crippen molar-refractivity contribution in [2.45, 2.75) is 70.4 Å². The van der Waals surface area contributed by atoms with Crippen molar-refractivity contribution in [2.24, 2.45) is 0 Å². The van der Waals surface area contributed by atoms with Gasteiger partial charge in [-0.25, -0.2) is 4.79 Å². The lowest BCUT2D eigenvalue weighted by atomic mass is 9.92. The largest absolute Gasteiger partial charge is 0.444 e. The highest BCUT2D eigenvalue weighted by molar-refractivity contribution is 8.45. The second-order valence-electron chi connectivity index (χ2n) is 12.4. The Labute approximate surface area is 261 Å². The standard InChI is InChI=1S/C29H36F5N7O4S/c1-5-22-25(38-13-15-39(16-14-38)28(44)45-29(2,3)4)26(43)41-27(36-23(37-41)17-19-7-6-8-19)40(22)18-24(42)35-20-9-11-21(12-10-20)46(30,31,32,33)34/h9-12,17H,5-8,13-16,18H2,1-4H3,(H,35,42). The maximum Gasteiger partial charge on any atom is 0.410 e. The number of hydrogen-bond donors (Lipinski definition) is 1. The highest BCUT2D eigenvalue weighted by Gasteiger charge is 2.65. The number of nitrogens with one attached hydrogen (secondary N) is 1. The number of carbonyl (C=O) groups is 2. The van der Waals surface area contributed by atoms with Crippen molar-refractivity contribution >= 4 is 45.5 Å². The molecule has 0 spiro atoms. The Morgan fingerprint density at radius 1 is 1.02 bits per heavy atom. The first-order chi connectivity index (χ1) is 21.2. The van der Waals surface area contributed by atoms with Gasteiger partial charge in [-0.05, 0) is 76.8 Å². The zero-order chi connectivity index (χ0) is 33.7. The number of benzene rings is 1. The van der Waals surface area contributed by atoms with Crippen LogP contribution in [0.4, 0.5) is 35.6 Å². The van der Waals surface area contributed by atoms with Crippen LogP contribution in [-0.4, -0.2) is 67.8 Å². The van der Waals surface area contributed by atoms with Crippen LogP contribution >= 0.6 is 10.2 Å². The third-order valence-corrected chi connectivity index (χ3v) is 8.80. The molecule has 17 heteroatoms. The molecule has 1 N–H and O–H groups in total. The van der Waals surface area contributed by atoms with Crippen LogP contribution in [0.3, 0.4) is 0 Å². The number of allylic oxidation sites excluding steroid dienone is 1. The number of nitrogens with zero attached hydrogens (tertiary/aromatic N) is 6. The molecule has 1 aliphatic carbocycles. The number of hydrogen-bond acceptors (Lipinski definition) is 7. The zero-order valence-electron chi connectivity index (χ0n) is 25.9. The van der Waals surface area contributed by atoms with E-state index in [4.69, 9.17) is 4.74 Å². The Morgan fingerprint density at radius 3 is 2.17 bits per heavy atom. The van der Waals surface area contributed by atoms with Crippen molar-refractivity contribution < 1.29 is 33.8 Å². The van der Waals surface area contributed by atoms with Crippen LogP contribution < -0.4 is 15.8 Å². The molecule has 46 heavy (non-hydrogen) atoms. The van der Waals surface area contributed by atoms with E-state index in [0.717, 1.165) is 41.5 Å². The van der Waals surface area contributed by atoms with E-state index in [0.29, 0.717) is 31.0 Å². The lowest BCUT2D eigenvalue weighted by Gasteiger charge is -2.40. The molecule has 5 rings (SSSR count). The van der Waals surface area contributed by atoms with Gasteiger partial charge < -0.3 is 24.4 Å². The van der Waals surface area contributed by atoms with Crippen LogP contribution in [0.1, 0.15) is 58.5 Å². The van der Waals surface area contributed by atoms with Crippen LogP contribution in [-0.2, 0) is 22.5 Å². The maximum atomic E-state index is 13.9. The van der Waals surface area contributed by atoms with E-state index in [2.05, 4.69) is 15.4 Å². The van der Waals surface area contributed by atoms with E-state index >= 15 is 0 Å². The van der Waals surface area contributed by atoms with Gasteiger partial charge in [-0.3, -0.25) is 9.59 Å². The smallest absolute Gasteiger partial charge is 0.410 e. The number of amides is 2. The minimum Gasteiger partial charge on any atom is -0.444 e. The summed E-state index contributed by atoms with van der Waals surface area (Å²) in [6, 6.07) is 1.95. The minimum absolute atomic E-state index is 0.0931. The molecule has 3 heterocycles. The third kappa shape index (κ3) is 7.29. The SMILES string of the molecule is CCc1c(N2CCN(C(=O)OC(C)(C)C)CC2)c(=O)n2nc(C=C3CCC3)nc2n1CC(=O)Nc1ccc(S(F)(F)(F)(F)F)cc1. The van der Waals surface area contributed by atoms with E-state index in [1.165, 1.54) is 4.57 Å². The van der Waals surface area contributed by atoms with Crippen LogP contribution in [0.25, 0.3) is 11.9 Å². The third-order valence-electron chi connectivity index (χ3n) is 7.64. The molecule has 0 bridgehead atoms. The number of rotatable bonds is 7. The molecular formula is C29H36F5N7O4S. The number of piperazine rings is 1. The van der Waals surface area contributed by atoms with Gasteiger partial charge in [0.05, 0.1) is 5.69 Å². The Kier molecular flexibility index (Phi) is 7.93. The number of ether oxygens (including phenoxy) is 1. The predicted molar refractivity (Wildman–Crippen MR) is 165 cm³/mol. The lowest BCUT2D eigenvalue weighted by molar-refractivity contribution is -0.116. The summed E-state index contributed by atoms with van der Waals surface area (Å²) in [7, 11) is -9.88. The molecule has 0 atom stereocenters. The number of aromatic nitrogens is 4. The Balaban J connectivity index is 1.48. The van der Waals surface area contributed by atoms with Crippen LogP contribution in [0.5, 0.6) is 0 Å². The van der Waals surface area contributed by atoms with Gasteiger partial charge in [0.25, 0.3) is 5.56 Å². The summed E-state index contributed by atoms with van der Waals surface area (Å²) in [5.74, 6) is -0.306. The fourth-order valence-corrected chi connectivity index (χ4v) is 5.94. The van der Waals surface area contributed by atoms with E-state index in [-0.39, 0.29) is 42.4 Å². The molecule has 252 valence electrons. The van der Waals surface area contributed by atoms with Gasteiger partial charge in [0.2, 0.25) is 11.7 Å². The van der Waals surface area contributed by atoms with Crippen LogP contribution in [0.15, 0.2) is 39.5 Å². The predicted octanol–water partition coefficient (Wildman–Crippen LogP) is 6.37. The summed E-state index contributed by atoms with van der Waals surface area (Å²) in [5.41, 5.74) is 0.615. The average Bonchev–Trinajstić information content (AvgIpc) is 3.35. The van der Waals surface area contributed by atoms with Crippen molar-refractivity contribution in [1.82, 2.24) is 24.1 Å². The molecule has 1 saturated carbocycles. The van der Waals surface area contributed by atoms with Crippen molar-refractivity contribution in [2.75, 3.05) is 36.4 Å². The van der Waals surface area contributed by atoms with Crippen LogP contribution in [0, 0.1) is 0 Å². The number of fused-ring (bicyclic) bond motifs is 1. The molecule has 1 saturated heterocycles. The second-order valence-corrected chi connectivity index (χ2v) is 14.8. The molecule has 2 amide bonds. The summed E-state index contributed by atoms with van der Waals surface area (Å²) < 4.78 is 73.9. The van der Waals surface area contributed by atoms with E-state index < -0.39 is 44.8 Å². The van der Waals surface area contributed by atoms with Gasteiger partial charge in [0.1, 0.15) is 22.7 Å². The molecule has 2 aromatic heterocycles. The average molecular weight is 674 g/mol. The quantitative estimate of drug-likeness (QED) is 0.290. The van der Waals surface area contributed by atoms with E-state index in [1.54, 1.807) is 38.7 Å². The molecule has 1 aromatic carbocycles. The Bertz CT molecular complexity index is 1770. The van der Waals surface area contributed by atoms with Crippen molar-refractivity contribution in [3.8, 4) is 0 Å². The highest BCUT2D eigenvalue weighted by atomic mass is 32.5. The number of anilines is 2. The summed E-state index contributed by atoms with van der Waals surface area (Å²) >= 11 is 0. The highest BCUT2D eigenvalue weighted by Crippen LogP contribution is 3.02. The van der Waals surface area contributed by atoms with Gasteiger partial charge in [0, 0.05) is 31.9 Å². The number of carbonyl (C=O) groups excluding carboxylic acids is 2. The van der Waals surface area contributed by atoms with Gasteiger partial charge in [-0.1, -0.05) is 31.9 Å². The summed E-state index contributed by atoms with van der Waals surface area (Å²) in [4.78, 5) is 45.6. The summed E-state index contributed by atoms with van der Waals surface area (Å²) in [5, 5.41) is 6.86. The Morgan fingerprint density at radius 2 is 1.65 bits per heavy atom. The van der Waals surface area contributed by atoms with Gasteiger partial charge in [0.15, 0.2) is 5.82 Å². The first-order valence-corrected chi connectivity index (χ1v) is 16.8. The van der Waals surface area contributed by atoms with E-state index in [9.17, 15) is 33.8 Å². The molecular weight excluding hydrogens is 637 g/mol. The monoisotopic (exact) mass is 673 g/mol. The lowest BCUT2D eigenvalue weighted by Crippen LogP contribution is -2.51. The molecule has 2 fully saturated rings. The van der Waals surface area contributed by atoms with Crippen LogP contribution in [0.2, 0.25) is 0 Å². The van der Waals surface area contributed by atoms with Crippen molar-refractivity contribution in [3.05, 3.63) is 51.7 Å². The van der Waals surface area contributed by atoms with E-state index in [1.807, 2.05) is 4.90 Å². The zero-order valence-corrected chi connectivity index (χ0v) is 26.7. The molecule has 3 aromatic rings. The fraction of sp³-hybridized carbons (Fsp3) is 0.483. The molecule has 11 nitrogen and oxygen atoms in total. The molecule has 1 aliphatic heterocycles. The first-order valence-electron chi connectivity index (χ1n) is 14.8. The number of halogens is 5. The Hall–Kier alpha value is -4.15. The second kappa shape index (κ2) is 11.0. The first kappa shape index (κ1) is 33.2. The van der Waals surface area contributed by atoms with Gasteiger partial charge in [-0.2, -0.15) is 9.50 Å². The van der Waals surface area contributed by atoms with Crippen molar-refractivity contribution in [3.63, 3.8) is 0 Å². The van der Waals surface area contributed by atoms with Gasteiger partial charge in [-0.15, -0.1) is 5.10 Å². The fourth-order valence-electron chi connectivity index (χ4n) is 5.29. The minimum atomic E-state index is -9.88. The molecule has 0 radical (unpaired) electrons. The van der Waals surface area contributed by atoms with Gasteiger partial charge >= 0.3 is 16.3 Å². The molecule has 0 unspecified atom stereocenters. The summed E-state index contributed by atoms with van der Waals surface area (Å²) in [6.07, 6.45) is 4.43. The maximum absolute atomic E-state index is 13.9. The van der Waals surface area contributed by atoms with Crippen molar-refractivity contribution in [1.29, 1.82) is 0 Å².